The Hall–Kier alpha value is -0.0000000000000000555. The summed E-state index contributed by atoms with van der Waals surface area (Å²) >= 11 is 3.10. The number of hydrogen-bond donors (Lipinski definition) is 1. The topological polar surface area (TPSA) is 23.5 Å². The number of piperidine rings is 1. The highest BCUT2D eigenvalue weighted by Crippen LogP contribution is 2.27. The Kier molecular flexibility index (Phi) is 3.43. The number of nitrogens with zero attached hydrogens (tertiary/aromatic N) is 1. The highest BCUT2D eigenvalue weighted by molar-refractivity contribution is 9.11. The summed E-state index contributed by atoms with van der Waals surface area (Å²) in [4.78, 5) is 1.49. The van der Waals surface area contributed by atoms with Crippen molar-refractivity contribution in [2.45, 2.75) is 18.4 Å². The summed E-state index contributed by atoms with van der Waals surface area (Å²) in [5.41, 5.74) is 0. The Morgan fingerprint density at radius 2 is 2.31 bits per heavy atom. The third kappa shape index (κ3) is 3.70. The predicted octanol–water partition coefficient (Wildman–Crippen LogP) is 1.60. The Labute approximate surface area is 84.4 Å². The van der Waals surface area contributed by atoms with Crippen molar-refractivity contribution in [2.24, 2.45) is 0 Å². The van der Waals surface area contributed by atoms with Crippen molar-refractivity contribution in [2.75, 3.05) is 19.6 Å². The van der Waals surface area contributed by atoms with Crippen molar-refractivity contribution in [3.8, 4) is 0 Å². The second-order valence-corrected chi connectivity index (χ2v) is 4.52. The van der Waals surface area contributed by atoms with E-state index in [9.17, 15) is 8.78 Å². The van der Waals surface area contributed by atoms with Gasteiger partial charge in [0.1, 0.15) is 0 Å². The molecule has 13 heavy (non-hydrogen) atoms. The summed E-state index contributed by atoms with van der Waals surface area (Å²) in [5, 5.41) is 9.16. The highest BCUT2D eigenvalue weighted by atomic mass is 79.9. The molecule has 2 nitrogen and oxygen atoms in total. The molecule has 5 heteroatoms. The third-order valence-corrected chi connectivity index (χ3v) is 2.10. The smallest absolute Gasteiger partial charge is 0.263 e. The van der Waals surface area contributed by atoms with Crippen molar-refractivity contribution < 1.29 is 13.9 Å². The van der Waals surface area contributed by atoms with E-state index in [1.807, 2.05) is 0 Å². The van der Waals surface area contributed by atoms with E-state index in [0.29, 0.717) is 17.6 Å². The first-order chi connectivity index (χ1) is 5.89. The molecule has 0 aromatic carbocycles. The maximum atomic E-state index is 12.9. The quantitative estimate of drug-likeness (QED) is 0.811. The lowest BCUT2D eigenvalue weighted by atomic mass is 10.1. The number of aliphatic hydroxyl groups is 1. The van der Waals surface area contributed by atoms with Crippen LogP contribution in [0.3, 0.4) is 0 Å². The van der Waals surface area contributed by atoms with Crippen LogP contribution in [-0.2, 0) is 0 Å². The molecule has 1 aliphatic rings. The van der Waals surface area contributed by atoms with Crippen molar-refractivity contribution in [1.29, 1.82) is 0 Å². The van der Waals surface area contributed by atoms with Crippen LogP contribution < -0.4 is 0 Å². The predicted molar refractivity (Wildman–Crippen MR) is 50.1 cm³/mol. The first-order valence-corrected chi connectivity index (χ1v) is 4.80. The number of aliphatic hydroxyl groups excluding tert-OH is 1. The fraction of sp³-hybridized carbons (Fsp3) is 0.750. The molecule has 0 aliphatic carbocycles. The molecular weight excluding hydrogens is 244 g/mol. The summed E-state index contributed by atoms with van der Waals surface area (Å²) in [6.45, 7) is 3.92. The standard InChI is InChI=1S/C8H12BrF2NO/c1-6(9)3-12-4-7(13)2-8(10,11)5-12/h7,13H,1-5H2. The van der Waals surface area contributed by atoms with Gasteiger partial charge in [-0.2, -0.15) is 0 Å². The van der Waals surface area contributed by atoms with Gasteiger partial charge in [-0.05, 0) is 0 Å². The van der Waals surface area contributed by atoms with Crippen molar-refractivity contribution in [1.82, 2.24) is 4.90 Å². The van der Waals surface area contributed by atoms with Gasteiger partial charge >= 0.3 is 0 Å². The summed E-state index contributed by atoms with van der Waals surface area (Å²) in [6.07, 6.45) is -1.37. The molecule has 0 bridgehead atoms. The number of halogens is 3. The lowest BCUT2D eigenvalue weighted by molar-refractivity contribution is -0.104. The van der Waals surface area contributed by atoms with Gasteiger partial charge in [-0.3, -0.25) is 4.90 Å². The van der Waals surface area contributed by atoms with Crippen molar-refractivity contribution in [3.63, 3.8) is 0 Å². The number of alkyl halides is 2. The van der Waals surface area contributed by atoms with E-state index < -0.39 is 18.4 Å². The van der Waals surface area contributed by atoms with Gasteiger partial charge < -0.3 is 5.11 Å². The van der Waals surface area contributed by atoms with Crippen LogP contribution in [0.2, 0.25) is 0 Å². The molecular formula is C8H12BrF2NO. The average Bonchev–Trinajstić information content (AvgIpc) is 1.78. The second kappa shape index (κ2) is 4.02. The van der Waals surface area contributed by atoms with Gasteiger partial charge in [0.25, 0.3) is 5.92 Å². The first kappa shape index (κ1) is 11.1. The van der Waals surface area contributed by atoms with E-state index in [1.54, 1.807) is 0 Å². The molecule has 1 saturated heterocycles. The Morgan fingerprint density at radius 3 is 2.77 bits per heavy atom. The Bertz CT molecular complexity index is 210. The van der Waals surface area contributed by atoms with Crippen LogP contribution in [0, 0.1) is 0 Å². The zero-order valence-electron chi connectivity index (χ0n) is 7.14. The molecule has 76 valence electrons. The maximum Gasteiger partial charge on any atom is 0.263 e. The second-order valence-electron chi connectivity index (χ2n) is 3.40. The number of rotatable bonds is 2. The lowest BCUT2D eigenvalue weighted by Gasteiger charge is -2.35. The number of likely N-dealkylation sites (tertiary alicyclic amines) is 1. The van der Waals surface area contributed by atoms with E-state index in [1.165, 1.54) is 4.90 Å². The van der Waals surface area contributed by atoms with Gasteiger partial charge in [0, 0.05) is 24.0 Å². The molecule has 1 aliphatic heterocycles. The Balaban J connectivity index is 2.52. The van der Waals surface area contributed by atoms with Crippen molar-refractivity contribution in [3.05, 3.63) is 11.1 Å². The van der Waals surface area contributed by atoms with E-state index in [-0.39, 0.29) is 6.54 Å². The van der Waals surface area contributed by atoms with Crippen LogP contribution in [0.25, 0.3) is 0 Å². The van der Waals surface area contributed by atoms with Crippen LogP contribution in [0.4, 0.5) is 8.78 Å². The van der Waals surface area contributed by atoms with Crippen LogP contribution >= 0.6 is 15.9 Å². The molecule has 1 unspecified atom stereocenters. The average molecular weight is 256 g/mol. The fourth-order valence-electron chi connectivity index (χ4n) is 1.53. The largest absolute Gasteiger partial charge is 0.392 e. The minimum Gasteiger partial charge on any atom is -0.392 e. The summed E-state index contributed by atoms with van der Waals surface area (Å²) in [5.74, 6) is -2.78. The number of β-amino-alcohol motifs (C(OH)–C–C–N with tert-alkyl or cyclic N) is 1. The molecule has 1 N–H and O–H groups in total. The molecule has 0 aromatic heterocycles. The van der Waals surface area contributed by atoms with Crippen LogP contribution in [-0.4, -0.2) is 41.7 Å². The highest BCUT2D eigenvalue weighted by Gasteiger charge is 2.39. The maximum absolute atomic E-state index is 12.9. The summed E-state index contributed by atoms with van der Waals surface area (Å²) in [7, 11) is 0. The van der Waals surface area contributed by atoms with Gasteiger partial charge in [0.15, 0.2) is 0 Å². The normalized spacial score (nSPS) is 28.8. The van der Waals surface area contributed by atoms with Crippen molar-refractivity contribution >= 4 is 15.9 Å². The SMILES string of the molecule is C=C(Br)CN1CC(O)CC(F)(F)C1. The molecule has 1 heterocycles. The summed E-state index contributed by atoms with van der Waals surface area (Å²) < 4.78 is 26.5. The zero-order valence-corrected chi connectivity index (χ0v) is 8.73. The van der Waals surface area contributed by atoms with Gasteiger partial charge in [0.05, 0.1) is 12.6 Å². The zero-order chi connectivity index (χ0) is 10.1. The van der Waals surface area contributed by atoms with Crippen LogP contribution in [0.5, 0.6) is 0 Å². The first-order valence-electron chi connectivity index (χ1n) is 4.00. The van der Waals surface area contributed by atoms with Gasteiger partial charge in [0.2, 0.25) is 0 Å². The Morgan fingerprint density at radius 1 is 1.69 bits per heavy atom. The molecule has 1 rings (SSSR count). The van der Waals surface area contributed by atoms with Gasteiger partial charge in [-0.15, -0.1) is 0 Å². The van der Waals surface area contributed by atoms with E-state index in [2.05, 4.69) is 22.5 Å². The minimum atomic E-state index is -2.78. The monoisotopic (exact) mass is 255 g/mol. The summed E-state index contributed by atoms with van der Waals surface area (Å²) in [6, 6.07) is 0. The lowest BCUT2D eigenvalue weighted by Crippen LogP contribution is -2.49. The van der Waals surface area contributed by atoms with Crippen LogP contribution in [0.1, 0.15) is 6.42 Å². The van der Waals surface area contributed by atoms with E-state index in [4.69, 9.17) is 5.11 Å². The molecule has 0 amide bonds. The van der Waals surface area contributed by atoms with Gasteiger partial charge in [-0.25, -0.2) is 8.78 Å². The molecule has 1 atom stereocenters. The third-order valence-electron chi connectivity index (χ3n) is 1.85. The molecule has 0 aromatic rings. The van der Waals surface area contributed by atoms with E-state index >= 15 is 0 Å². The fourth-order valence-corrected chi connectivity index (χ4v) is 1.88. The van der Waals surface area contributed by atoms with E-state index in [0.717, 1.165) is 0 Å². The molecule has 0 saturated carbocycles. The molecule has 1 fully saturated rings. The molecule has 0 radical (unpaired) electrons. The van der Waals surface area contributed by atoms with Gasteiger partial charge in [-0.1, -0.05) is 22.5 Å². The number of hydrogen-bond acceptors (Lipinski definition) is 2. The minimum absolute atomic E-state index is 0.292. The van der Waals surface area contributed by atoms with Crippen LogP contribution in [0.15, 0.2) is 11.1 Å². The molecule has 0 spiro atoms.